The summed E-state index contributed by atoms with van der Waals surface area (Å²) in [5.41, 5.74) is 0. The Morgan fingerprint density at radius 2 is 1.10 bits per heavy atom. The molecular formula is C28H51NO2. The molecule has 31 heavy (non-hydrogen) atoms. The number of aliphatic hydroxyl groups excluding tert-OH is 1. The minimum atomic E-state index is 0.0236. The van der Waals surface area contributed by atoms with Gasteiger partial charge in [-0.2, -0.15) is 0 Å². The number of carbonyl (C=O) groups is 1. The van der Waals surface area contributed by atoms with Crippen LogP contribution in [0.4, 0.5) is 0 Å². The predicted molar refractivity (Wildman–Crippen MR) is 136 cm³/mol. The minimum Gasteiger partial charge on any atom is -0.395 e. The summed E-state index contributed by atoms with van der Waals surface area (Å²) in [5.74, 6) is 0.0675. The third-order valence-electron chi connectivity index (χ3n) is 5.48. The molecule has 0 bridgehead atoms. The van der Waals surface area contributed by atoms with Gasteiger partial charge in [0.15, 0.2) is 0 Å². The van der Waals surface area contributed by atoms with Crippen LogP contribution in [0.5, 0.6) is 0 Å². The van der Waals surface area contributed by atoms with Crippen LogP contribution in [-0.4, -0.2) is 24.2 Å². The third kappa shape index (κ3) is 26.6. The number of allylic oxidation sites excluding steroid dienone is 6. The maximum atomic E-state index is 11.4. The van der Waals surface area contributed by atoms with Gasteiger partial charge in [-0.15, -0.1) is 0 Å². The van der Waals surface area contributed by atoms with Crippen molar-refractivity contribution in [1.82, 2.24) is 5.32 Å². The van der Waals surface area contributed by atoms with E-state index in [1.165, 1.54) is 83.5 Å². The van der Waals surface area contributed by atoms with Crippen molar-refractivity contribution in [3.63, 3.8) is 0 Å². The van der Waals surface area contributed by atoms with E-state index in [9.17, 15) is 4.79 Å². The van der Waals surface area contributed by atoms with Crippen LogP contribution in [0, 0.1) is 0 Å². The smallest absolute Gasteiger partial charge is 0.220 e. The van der Waals surface area contributed by atoms with Crippen molar-refractivity contribution in [2.45, 2.75) is 122 Å². The molecule has 1 amide bonds. The number of nitrogens with one attached hydrogen (secondary N) is 1. The zero-order valence-electron chi connectivity index (χ0n) is 20.5. The van der Waals surface area contributed by atoms with Crippen molar-refractivity contribution >= 4 is 5.91 Å². The first-order chi connectivity index (χ1) is 15.3. The summed E-state index contributed by atoms with van der Waals surface area (Å²) in [4.78, 5) is 11.4. The van der Waals surface area contributed by atoms with E-state index in [0.29, 0.717) is 13.0 Å². The number of rotatable bonds is 23. The van der Waals surface area contributed by atoms with Gasteiger partial charge in [0.2, 0.25) is 5.91 Å². The monoisotopic (exact) mass is 433 g/mol. The minimum absolute atomic E-state index is 0.0236. The van der Waals surface area contributed by atoms with Crippen LogP contribution in [0.3, 0.4) is 0 Å². The molecule has 0 aliphatic heterocycles. The fourth-order valence-electron chi connectivity index (χ4n) is 3.54. The summed E-state index contributed by atoms with van der Waals surface area (Å²) < 4.78 is 0. The summed E-state index contributed by atoms with van der Waals surface area (Å²) in [6.45, 7) is 2.67. The van der Waals surface area contributed by atoms with Gasteiger partial charge in [-0.1, -0.05) is 108 Å². The van der Waals surface area contributed by atoms with Gasteiger partial charge in [-0.25, -0.2) is 0 Å². The summed E-state index contributed by atoms with van der Waals surface area (Å²) >= 11 is 0. The standard InChI is InChI=1S/C28H51NO2/c1-2-3-4-5-6-7-8-9-10-11-12-13-14-15-16-17-18-19-20-21-22-23-24-25-28(31)29-26-27-30/h8-9,11-12,14-15,30H,2-7,10,13,16-27H2,1H3,(H,29,31)/b9-8-,12-11-,15-14-. The lowest BCUT2D eigenvalue weighted by molar-refractivity contribution is -0.121. The van der Waals surface area contributed by atoms with E-state index in [4.69, 9.17) is 5.11 Å². The summed E-state index contributed by atoms with van der Waals surface area (Å²) in [6, 6.07) is 0. The molecule has 3 heteroatoms. The highest BCUT2D eigenvalue weighted by molar-refractivity contribution is 5.75. The first-order valence-electron chi connectivity index (χ1n) is 13.1. The van der Waals surface area contributed by atoms with Crippen LogP contribution in [0.15, 0.2) is 36.5 Å². The zero-order chi connectivity index (χ0) is 22.7. The lowest BCUT2D eigenvalue weighted by Gasteiger charge is -2.03. The normalized spacial score (nSPS) is 11.9. The topological polar surface area (TPSA) is 49.3 Å². The average molecular weight is 434 g/mol. The SMILES string of the molecule is CCCCCCC/C=C\C/C=C\C/C=C\CCCCCCCCCCC(=O)NCCO. The Hall–Kier alpha value is -1.35. The Morgan fingerprint density at radius 3 is 1.61 bits per heavy atom. The van der Waals surface area contributed by atoms with Crippen LogP contribution < -0.4 is 5.32 Å². The van der Waals surface area contributed by atoms with Crippen molar-refractivity contribution in [2.24, 2.45) is 0 Å². The van der Waals surface area contributed by atoms with Crippen molar-refractivity contribution < 1.29 is 9.90 Å². The molecule has 0 rings (SSSR count). The zero-order valence-corrected chi connectivity index (χ0v) is 20.5. The largest absolute Gasteiger partial charge is 0.395 e. The number of hydrogen-bond donors (Lipinski definition) is 2. The second-order valence-corrected chi connectivity index (χ2v) is 8.53. The Kier molecular flexibility index (Phi) is 25.5. The van der Waals surface area contributed by atoms with Crippen LogP contribution in [0.2, 0.25) is 0 Å². The molecule has 180 valence electrons. The number of carbonyl (C=O) groups excluding carboxylic acids is 1. The maximum Gasteiger partial charge on any atom is 0.220 e. The van der Waals surface area contributed by atoms with Gasteiger partial charge < -0.3 is 10.4 Å². The molecule has 0 aromatic heterocycles. The molecule has 0 unspecified atom stereocenters. The number of aliphatic hydroxyl groups is 1. The fourth-order valence-corrected chi connectivity index (χ4v) is 3.54. The summed E-state index contributed by atoms with van der Waals surface area (Å²) in [6.07, 6.45) is 35.7. The fraction of sp³-hybridized carbons (Fsp3) is 0.750. The van der Waals surface area contributed by atoms with Crippen LogP contribution in [0.1, 0.15) is 122 Å². The van der Waals surface area contributed by atoms with Gasteiger partial charge >= 0.3 is 0 Å². The summed E-state index contributed by atoms with van der Waals surface area (Å²) in [5, 5.41) is 11.3. The van der Waals surface area contributed by atoms with E-state index in [-0.39, 0.29) is 12.5 Å². The van der Waals surface area contributed by atoms with Gasteiger partial charge in [0.1, 0.15) is 0 Å². The summed E-state index contributed by atoms with van der Waals surface area (Å²) in [7, 11) is 0. The molecule has 0 atom stereocenters. The van der Waals surface area contributed by atoms with E-state index in [1.807, 2.05) is 0 Å². The van der Waals surface area contributed by atoms with E-state index in [1.54, 1.807) is 0 Å². The van der Waals surface area contributed by atoms with E-state index in [0.717, 1.165) is 25.7 Å². The molecule has 0 fully saturated rings. The average Bonchev–Trinajstić information content (AvgIpc) is 2.78. The first kappa shape index (κ1) is 29.7. The lowest BCUT2D eigenvalue weighted by Crippen LogP contribution is -2.25. The first-order valence-corrected chi connectivity index (χ1v) is 13.1. The predicted octanol–water partition coefficient (Wildman–Crippen LogP) is 7.81. The highest BCUT2D eigenvalue weighted by Crippen LogP contribution is 2.11. The van der Waals surface area contributed by atoms with Gasteiger partial charge in [0.05, 0.1) is 6.61 Å². The molecule has 0 aromatic rings. The van der Waals surface area contributed by atoms with Crippen LogP contribution in [-0.2, 0) is 4.79 Å². The van der Waals surface area contributed by atoms with Crippen molar-refractivity contribution in [2.75, 3.05) is 13.2 Å². The van der Waals surface area contributed by atoms with E-state index < -0.39 is 0 Å². The van der Waals surface area contributed by atoms with Gasteiger partial charge in [-0.05, 0) is 44.9 Å². The molecule has 0 aromatic carbocycles. The highest BCUT2D eigenvalue weighted by Gasteiger charge is 1.99. The molecule has 3 nitrogen and oxygen atoms in total. The number of hydrogen-bond acceptors (Lipinski definition) is 2. The molecule has 0 saturated carbocycles. The molecule has 0 saturated heterocycles. The molecule has 0 spiro atoms. The second kappa shape index (κ2) is 26.7. The third-order valence-corrected chi connectivity index (χ3v) is 5.48. The molecule has 0 aliphatic carbocycles. The quantitative estimate of drug-likeness (QED) is 0.127. The van der Waals surface area contributed by atoms with Crippen LogP contribution in [0.25, 0.3) is 0 Å². The molecular weight excluding hydrogens is 382 g/mol. The Labute approximate surface area is 193 Å². The van der Waals surface area contributed by atoms with Crippen molar-refractivity contribution in [1.29, 1.82) is 0 Å². The molecule has 2 N–H and O–H groups in total. The van der Waals surface area contributed by atoms with Gasteiger partial charge in [0.25, 0.3) is 0 Å². The van der Waals surface area contributed by atoms with E-state index in [2.05, 4.69) is 48.7 Å². The number of unbranched alkanes of at least 4 members (excludes halogenated alkanes) is 13. The van der Waals surface area contributed by atoms with Gasteiger partial charge in [0, 0.05) is 13.0 Å². The Morgan fingerprint density at radius 1 is 0.645 bits per heavy atom. The number of amides is 1. The van der Waals surface area contributed by atoms with Gasteiger partial charge in [-0.3, -0.25) is 4.79 Å². The van der Waals surface area contributed by atoms with Crippen LogP contribution >= 0.6 is 0 Å². The van der Waals surface area contributed by atoms with Crippen molar-refractivity contribution in [3.8, 4) is 0 Å². The highest BCUT2D eigenvalue weighted by atomic mass is 16.3. The molecule has 0 aliphatic rings. The lowest BCUT2D eigenvalue weighted by atomic mass is 10.1. The maximum absolute atomic E-state index is 11.4. The second-order valence-electron chi connectivity index (χ2n) is 8.53. The molecule has 0 heterocycles. The van der Waals surface area contributed by atoms with E-state index >= 15 is 0 Å². The Bertz CT molecular complexity index is 454. The molecule has 0 radical (unpaired) electrons. The van der Waals surface area contributed by atoms with Crippen molar-refractivity contribution in [3.05, 3.63) is 36.5 Å². The Balaban J connectivity index is 3.27.